The van der Waals surface area contributed by atoms with Gasteiger partial charge in [-0.1, -0.05) is 49.1 Å². The fourth-order valence-corrected chi connectivity index (χ4v) is 5.04. The molecule has 1 saturated carbocycles. The van der Waals surface area contributed by atoms with Gasteiger partial charge in [-0.2, -0.15) is 0 Å². The molecule has 1 saturated heterocycles. The van der Waals surface area contributed by atoms with Gasteiger partial charge in [-0.05, 0) is 37.5 Å². The predicted octanol–water partition coefficient (Wildman–Crippen LogP) is 3.38. The number of rotatable bonds is 4. The smallest absolute Gasteiger partial charge is 0.295 e. The second-order valence-corrected chi connectivity index (χ2v) is 9.31. The number of nitrogens with zero attached hydrogens (tertiary/aromatic N) is 5. The summed E-state index contributed by atoms with van der Waals surface area (Å²) in [7, 11) is 0. The summed E-state index contributed by atoms with van der Waals surface area (Å²) in [6.07, 6.45) is 7.29. The van der Waals surface area contributed by atoms with Gasteiger partial charge in [-0.15, -0.1) is 0 Å². The molecule has 5 rings (SSSR count). The molecule has 2 aromatic heterocycles. The Bertz CT molecular complexity index is 1190. The van der Waals surface area contributed by atoms with Gasteiger partial charge < -0.3 is 9.80 Å². The number of piperazine rings is 1. The van der Waals surface area contributed by atoms with Crippen molar-refractivity contribution in [3.05, 3.63) is 64.1 Å². The van der Waals surface area contributed by atoms with E-state index in [1.165, 1.54) is 12.0 Å². The van der Waals surface area contributed by atoms with Crippen LogP contribution in [0.2, 0.25) is 0 Å². The minimum Gasteiger partial charge on any atom is -0.348 e. The zero-order valence-corrected chi connectivity index (χ0v) is 19.2. The normalized spacial score (nSPS) is 17.5. The molecule has 0 N–H and O–H groups in total. The molecular weight excluding hydrogens is 414 g/mol. The molecule has 2 aliphatic rings. The number of benzene rings is 1. The van der Waals surface area contributed by atoms with Crippen LogP contribution in [0.1, 0.15) is 43.2 Å². The summed E-state index contributed by atoms with van der Waals surface area (Å²) < 4.78 is 1.72. The highest BCUT2D eigenvalue weighted by Gasteiger charge is 2.30. The number of anilines is 1. The van der Waals surface area contributed by atoms with Crippen LogP contribution < -0.4 is 10.5 Å². The summed E-state index contributed by atoms with van der Waals surface area (Å²) in [6.45, 7) is 5.02. The number of aryl methyl sites for hydroxylation is 1. The highest BCUT2D eigenvalue weighted by atomic mass is 16.2. The van der Waals surface area contributed by atoms with E-state index in [9.17, 15) is 9.59 Å². The SMILES string of the molecule is Cc1ccc(Cn2c(=O)c(N3CCN(C(=O)C4CCCCC4)CC3)nc3cccnc32)cc1. The third kappa shape index (κ3) is 4.49. The molecule has 1 aliphatic carbocycles. The standard InChI is InChI=1S/C26H31N5O2/c1-19-9-11-20(12-10-19)18-31-23-22(8-5-13-27-23)28-24(26(31)33)29-14-16-30(17-15-29)25(32)21-6-3-2-4-7-21/h5,8-13,21H,2-4,6-7,14-18H2,1H3. The topological polar surface area (TPSA) is 71.3 Å². The minimum absolute atomic E-state index is 0.131. The minimum atomic E-state index is -0.131. The molecule has 33 heavy (non-hydrogen) atoms. The number of carbonyl (C=O) groups excluding carboxylic acids is 1. The average Bonchev–Trinajstić information content (AvgIpc) is 2.87. The van der Waals surface area contributed by atoms with Crippen molar-refractivity contribution < 1.29 is 4.79 Å². The molecular formula is C26H31N5O2. The third-order valence-electron chi connectivity index (χ3n) is 6.99. The largest absolute Gasteiger partial charge is 0.348 e. The molecule has 0 atom stereocenters. The molecule has 3 aromatic rings. The van der Waals surface area contributed by atoms with Crippen molar-refractivity contribution in [1.82, 2.24) is 19.4 Å². The van der Waals surface area contributed by atoms with Crippen molar-refractivity contribution in [2.24, 2.45) is 5.92 Å². The first-order chi connectivity index (χ1) is 16.1. The lowest BCUT2D eigenvalue weighted by Gasteiger charge is -2.37. The van der Waals surface area contributed by atoms with E-state index >= 15 is 0 Å². The number of aromatic nitrogens is 3. The fourth-order valence-electron chi connectivity index (χ4n) is 5.04. The molecule has 0 spiro atoms. The van der Waals surface area contributed by atoms with Gasteiger partial charge in [0.05, 0.1) is 6.54 Å². The van der Waals surface area contributed by atoms with Crippen LogP contribution >= 0.6 is 0 Å². The monoisotopic (exact) mass is 445 g/mol. The Morgan fingerprint density at radius 2 is 1.73 bits per heavy atom. The first-order valence-corrected chi connectivity index (χ1v) is 12.0. The number of pyridine rings is 1. The Morgan fingerprint density at radius 1 is 1.00 bits per heavy atom. The van der Waals surface area contributed by atoms with Crippen LogP contribution in [-0.4, -0.2) is 51.5 Å². The molecule has 172 valence electrons. The van der Waals surface area contributed by atoms with Crippen LogP contribution in [0.25, 0.3) is 11.2 Å². The summed E-state index contributed by atoms with van der Waals surface area (Å²) in [5.74, 6) is 0.927. The molecule has 0 unspecified atom stereocenters. The zero-order chi connectivity index (χ0) is 22.8. The molecule has 0 bridgehead atoms. The van der Waals surface area contributed by atoms with Gasteiger partial charge >= 0.3 is 0 Å². The van der Waals surface area contributed by atoms with Crippen molar-refractivity contribution >= 4 is 22.9 Å². The first-order valence-electron chi connectivity index (χ1n) is 12.0. The van der Waals surface area contributed by atoms with E-state index in [0.717, 1.165) is 31.2 Å². The average molecular weight is 446 g/mol. The lowest BCUT2D eigenvalue weighted by atomic mass is 9.88. The highest BCUT2D eigenvalue weighted by Crippen LogP contribution is 2.26. The Hall–Kier alpha value is -3.22. The Morgan fingerprint density at radius 3 is 2.45 bits per heavy atom. The second kappa shape index (κ2) is 9.33. The number of hydrogen-bond acceptors (Lipinski definition) is 5. The fraction of sp³-hybridized carbons (Fsp3) is 0.462. The Balaban J connectivity index is 1.39. The number of carbonyl (C=O) groups is 1. The number of hydrogen-bond donors (Lipinski definition) is 0. The van der Waals surface area contributed by atoms with Gasteiger partial charge in [0.2, 0.25) is 5.91 Å². The quantitative estimate of drug-likeness (QED) is 0.616. The Labute approximate surface area is 194 Å². The van der Waals surface area contributed by atoms with E-state index in [2.05, 4.69) is 24.0 Å². The van der Waals surface area contributed by atoms with Crippen molar-refractivity contribution in [1.29, 1.82) is 0 Å². The van der Waals surface area contributed by atoms with E-state index in [4.69, 9.17) is 4.98 Å². The predicted molar refractivity (Wildman–Crippen MR) is 129 cm³/mol. The molecule has 1 amide bonds. The van der Waals surface area contributed by atoms with Gasteiger partial charge in [-0.3, -0.25) is 14.2 Å². The molecule has 1 aromatic carbocycles. The molecule has 7 heteroatoms. The van der Waals surface area contributed by atoms with Gasteiger partial charge in [0, 0.05) is 38.3 Å². The lowest BCUT2D eigenvalue weighted by molar-refractivity contribution is -0.136. The van der Waals surface area contributed by atoms with Crippen molar-refractivity contribution in [3.8, 4) is 0 Å². The maximum Gasteiger partial charge on any atom is 0.295 e. The van der Waals surface area contributed by atoms with Crippen LogP contribution in [-0.2, 0) is 11.3 Å². The molecule has 3 heterocycles. The third-order valence-corrected chi connectivity index (χ3v) is 6.99. The van der Waals surface area contributed by atoms with Crippen LogP contribution in [0, 0.1) is 12.8 Å². The molecule has 1 aliphatic heterocycles. The van der Waals surface area contributed by atoms with Crippen molar-refractivity contribution in [3.63, 3.8) is 0 Å². The molecule has 2 fully saturated rings. The first kappa shape index (κ1) is 21.6. The van der Waals surface area contributed by atoms with Crippen LogP contribution in [0.4, 0.5) is 5.82 Å². The van der Waals surface area contributed by atoms with E-state index in [0.29, 0.717) is 55.6 Å². The number of fused-ring (bicyclic) bond motifs is 1. The summed E-state index contributed by atoms with van der Waals surface area (Å²) in [4.78, 5) is 39.7. The van der Waals surface area contributed by atoms with Gasteiger partial charge in [0.25, 0.3) is 5.56 Å². The van der Waals surface area contributed by atoms with Crippen LogP contribution in [0.15, 0.2) is 47.4 Å². The maximum absolute atomic E-state index is 13.6. The second-order valence-electron chi connectivity index (χ2n) is 9.31. The van der Waals surface area contributed by atoms with Crippen molar-refractivity contribution in [2.45, 2.75) is 45.6 Å². The van der Waals surface area contributed by atoms with E-state index < -0.39 is 0 Å². The van der Waals surface area contributed by atoms with Crippen LogP contribution in [0.3, 0.4) is 0 Å². The van der Waals surface area contributed by atoms with Gasteiger partial charge in [0.1, 0.15) is 5.52 Å². The highest BCUT2D eigenvalue weighted by molar-refractivity contribution is 5.79. The van der Waals surface area contributed by atoms with Gasteiger partial charge in [0.15, 0.2) is 11.5 Å². The van der Waals surface area contributed by atoms with Gasteiger partial charge in [-0.25, -0.2) is 9.97 Å². The lowest BCUT2D eigenvalue weighted by Crippen LogP contribution is -2.52. The number of amides is 1. The van der Waals surface area contributed by atoms with E-state index in [1.807, 2.05) is 34.1 Å². The van der Waals surface area contributed by atoms with Crippen molar-refractivity contribution in [2.75, 3.05) is 31.1 Å². The molecule has 0 radical (unpaired) electrons. The Kier molecular flexibility index (Phi) is 6.11. The summed E-state index contributed by atoms with van der Waals surface area (Å²) in [6, 6.07) is 12.0. The van der Waals surface area contributed by atoms with E-state index in [-0.39, 0.29) is 11.5 Å². The maximum atomic E-state index is 13.6. The summed E-state index contributed by atoms with van der Waals surface area (Å²) in [5, 5.41) is 0. The van der Waals surface area contributed by atoms with Crippen LogP contribution in [0.5, 0.6) is 0 Å². The van der Waals surface area contributed by atoms with E-state index in [1.54, 1.807) is 10.8 Å². The zero-order valence-electron chi connectivity index (χ0n) is 19.2. The summed E-state index contributed by atoms with van der Waals surface area (Å²) in [5.41, 5.74) is 3.41. The summed E-state index contributed by atoms with van der Waals surface area (Å²) >= 11 is 0. The molecule has 7 nitrogen and oxygen atoms in total.